The third-order valence-electron chi connectivity index (χ3n) is 5.64. The molecule has 0 unspecified atom stereocenters. The molecule has 0 spiro atoms. The summed E-state index contributed by atoms with van der Waals surface area (Å²) in [6, 6.07) is 19.6. The molecule has 12 nitrogen and oxygen atoms in total. The van der Waals surface area contributed by atoms with E-state index >= 15 is 0 Å². The van der Waals surface area contributed by atoms with Gasteiger partial charge >= 0.3 is 22.9 Å². The van der Waals surface area contributed by atoms with Crippen molar-refractivity contribution in [1.29, 1.82) is 0 Å². The maximum atomic E-state index is 11.6. The van der Waals surface area contributed by atoms with E-state index in [0.29, 0.717) is 23.0 Å². The highest BCUT2D eigenvalue weighted by molar-refractivity contribution is 5.45. The summed E-state index contributed by atoms with van der Waals surface area (Å²) in [4.78, 5) is 49.6. The van der Waals surface area contributed by atoms with Gasteiger partial charge in [-0.1, -0.05) is 37.3 Å². The Morgan fingerprint density at radius 2 is 1.13 bits per heavy atom. The van der Waals surface area contributed by atoms with Crippen LogP contribution in [-0.4, -0.2) is 19.4 Å². The number of aromatic nitrogens is 4. The summed E-state index contributed by atoms with van der Waals surface area (Å²) < 4.78 is 23.6. The molecule has 0 saturated carbocycles. The van der Waals surface area contributed by atoms with E-state index in [0.717, 1.165) is 32.6 Å². The van der Waals surface area contributed by atoms with Crippen LogP contribution in [0.4, 0.5) is 0 Å². The number of aryl methyl sites for hydroxylation is 1. The van der Waals surface area contributed by atoms with Crippen LogP contribution in [-0.2, 0) is 19.5 Å². The maximum absolute atomic E-state index is 11.6. The Labute approximate surface area is 213 Å². The Morgan fingerprint density at radius 1 is 0.658 bits per heavy atom. The average molecular weight is 518 g/mol. The van der Waals surface area contributed by atoms with Gasteiger partial charge in [0.1, 0.15) is 23.0 Å². The number of hydrogen-bond acceptors (Lipinski definition) is 8. The van der Waals surface area contributed by atoms with Gasteiger partial charge in [-0.05, 0) is 53.4 Å². The van der Waals surface area contributed by atoms with Gasteiger partial charge in [-0.3, -0.25) is 0 Å². The highest BCUT2D eigenvalue weighted by atomic mass is 16.5. The van der Waals surface area contributed by atoms with Crippen LogP contribution < -0.4 is 32.4 Å². The largest absolute Gasteiger partial charge is 0.457 e. The van der Waals surface area contributed by atoms with Crippen LogP contribution in [0.15, 0.2) is 95.0 Å². The van der Waals surface area contributed by atoms with Crippen LogP contribution in [0, 0.1) is 0 Å². The molecular formula is C26H22N4O8. The summed E-state index contributed by atoms with van der Waals surface area (Å²) in [6.07, 6.45) is 0.743. The third kappa shape index (κ3) is 5.59. The average Bonchev–Trinajstić information content (AvgIpc) is 3.39. The minimum absolute atomic E-state index is 0.107. The molecule has 0 radical (unpaired) electrons. The highest BCUT2D eigenvalue weighted by Crippen LogP contribution is 2.32. The summed E-state index contributed by atoms with van der Waals surface area (Å²) in [5.74, 6) is 0.744. The first-order chi connectivity index (χ1) is 18.4. The molecular weight excluding hydrogens is 496 g/mol. The predicted molar refractivity (Wildman–Crippen MR) is 134 cm³/mol. The van der Waals surface area contributed by atoms with Crippen molar-refractivity contribution in [2.45, 2.75) is 26.4 Å². The molecule has 12 heteroatoms. The fourth-order valence-electron chi connectivity index (χ4n) is 3.74. The van der Waals surface area contributed by atoms with Crippen molar-refractivity contribution in [3.8, 4) is 23.0 Å². The normalized spacial score (nSPS) is 11.0. The lowest BCUT2D eigenvalue weighted by molar-refractivity contribution is 0.258. The van der Waals surface area contributed by atoms with Crippen molar-refractivity contribution in [2.24, 2.45) is 0 Å². The van der Waals surface area contributed by atoms with Crippen molar-refractivity contribution in [1.82, 2.24) is 19.4 Å². The van der Waals surface area contributed by atoms with Gasteiger partial charge in [0.15, 0.2) is 0 Å². The second-order valence-electron chi connectivity index (χ2n) is 8.31. The molecule has 38 heavy (non-hydrogen) atoms. The molecule has 0 aliphatic rings. The number of nitrogens with zero attached hydrogens (tertiary/aromatic N) is 2. The molecule has 0 aliphatic carbocycles. The zero-order valence-corrected chi connectivity index (χ0v) is 20.1. The molecule has 194 valence electrons. The summed E-state index contributed by atoms with van der Waals surface area (Å²) in [5.41, 5.74) is 1.26. The molecule has 5 aromatic rings. The molecule has 0 fully saturated rings. The van der Waals surface area contributed by atoms with Crippen LogP contribution in [0.5, 0.6) is 23.0 Å². The molecule has 0 bridgehead atoms. The number of H-pyrrole nitrogens is 2. The highest BCUT2D eigenvalue weighted by Gasteiger charge is 2.10. The minimum Gasteiger partial charge on any atom is -0.457 e. The van der Waals surface area contributed by atoms with E-state index in [1.54, 1.807) is 54.6 Å². The molecule has 0 amide bonds. The van der Waals surface area contributed by atoms with E-state index < -0.39 is 22.9 Å². The van der Waals surface area contributed by atoms with Gasteiger partial charge in [0, 0.05) is 6.07 Å². The fourth-order valence-corrected chi connectivity index (χ4v) is 3.74. The second kappa shape index (κ2) is 10.4. The molecule has 5 rings (SSSR count). The number of rotatable bonds is 9. The Kier molecular flexibility index (Phi) is 6.68. The Bertz CT molecular complexity index is 1780. The van der Waals surface area contributed by atoms with Crippen molar-refractivity contribution < 1.29 is 18.5 Å². The minimum atomic E-state index is -0.803. The Morgan fingerprint density at radius 3 is 1.58 bits per heavy atom. The fraction of sp³-hybridized carbons (Fsp3) is 0.154. The topological polar surface area (TPSA) is 154 Å². The van der Waals surface area contributed by atoms with Crippen molar-refractivity contribution >= 4 is 0 Å². The van der Waals surface area contributed by atoms with E-state index in [1.807, 2.05) is 29.0 Å². The quantitative estimate of drug-likeness (QED) is 0.302. The summed E-state index contributed by atoms with van der Waals surface area (Å²) >= 11 is 0. The number of benzene rings is 3. The van der Waals surface area contributed by atoms with Crippen molar-refractivity contribution in [3.63, 3.8) is 0 Å². The second-order valence-corrected chi connectivity index (χ2v) is 8.31. The van der Waals surface area contributed by atoms with Gasteiger partial charge < -0.3 is 18.5 Å². The maximum Gasteiger partial charge on any atom is 0.440 e. The van der Waals surface area contributed by atoms with E-state index in [9.17, 15) is 19.2 Å². The number of ether oxygens (including phenoxy) is 2. The SMILES string of the molecule is CCc1ccc(Oc2ccc(Cn3oc(=O)[nH]c3=O)cc2)cc1Oc1ccc(Cn2oc(=O)[nH]c2=O)cc1. The third-order valence-corrected chi connectivity index (χ3v) is 5.64. The van der Waals surface area contributed by atoms with E-state index in [-0.39, 0.29) is 13.1 Å². The zero-order chi connectivity index (χ0) is 26.6. The molecule has 2 N–H and O–H groups in total. The lowest BCUT2D eigenvalue weighted by Crippen LogP contribution is -2.17. The Balaban J connectivity index is 1.27. The summed E-state index contributed by atoms with van der Waals surface area (Å²) in [6.45, 7) is 2.23. The first-order valence-corrected chi connectivity index (χ1v) is 11.6. The molecule has 3 aromatic carbocycles. The number of hydrogen-bond donors (Lipinski definition) is 2. The van der Waals surface area contributed by atoms with Gasteiger partial charge in [-0.2, -0.15) is 0 Å². The van der Waals surface area contributed by atoms with Crippen LogP contribution >= 0.6 is 0 Å². The molecule has 0 saturated heterocycles. The van der Waals surface area contributed by atoms with Crippen molar-refractivity contribution in [3.05, 3.63) is 125 Å². The Hall–Kier alpha value is -5.26. The molecule has 2 heterocycles. The first-order valence-electron chi connectivity index (χ1n) is 11.6. The number of aromatic amines is 2. The van der Waals surface area contributed by atoms with Gasteiger partial charge in [-0.25, -0.2) is 29.1 Å². The molecule has 0 atom stereocenters. The standard InChI is InChI=1S/C26H22N4O8/c1-2-18-7-12-21(35-19-8-3-16(4-9-19)14-29-23(31)27-25(33)37-29)13-22(18)36-20-10-5-17(6-11-20)15-30-24(32)28-26(34)38-30/h3-13H,2,14-15H2,1H3,(H,27,31,33)(H,28,32,34). The van der Waals surface area contributed by atoms with Gasteiger partial charge in [0.2, 0.25) is 0 Å². The number of nitrogens with one attached hydrogen (secondary N) is 2. The van der Waals surface area contributed by atoms with Gasteiger partial charge in [0.05, 0.1) is 13.1 Å². The van der Waals surface area contributed by atoms with Crippen LogP contribution in [0.25, 0.3) is 0 Å². The van der Waals surface area contributed by atoms with Crippen LogP contribution in [0.2, 0.25) is 0 Å². The lowest BCUT2D eigenvalue weighted by Gasteiger charge is -2.13. The van der Waals surface area contributed by atoms with Crippen molar-refractivity contribution in [2.75, 3.05) is 0 Å². The van der Waals surface area contributed by atoms with E-state index in [2.05, 4.69) is 0 Å². The monoisotopic (exact) mass is 518 g/mol. The van der Waals surface area contributed by atoms with Gasteiger partial charge in [-0.15, -0.1) is 9.48 Å². The predicted octanol–water partition coefficient (Wildman–Crippen LogP) is 2.82. The zero-order valence-electron chi connectivity index (χ0n) is 20.1. The first kappa shape index (κ1) is 24.4. The molecule has 0 aliphatic heterocycles. The van der Waals surface area contributed by atoms with E-state index in [4.69, 9.17) is 18.5 Å². The van der Waals surface area contributed by atoms with Gasteiger partial charge in [0.25, 0.3) is 0 Å². The summed E-state index contributed by atoms with van der Waals surface area (Å²) in [7, 11) is 0. The molecule has 2 aromatic heterocycles. The van der Waals surface area contributed by atoms with Crippen LogP contribution in [0.1, 0.15) is 23.6 Å². The van der Waals surface area contributed by atoms with E-state index in [1.165, 1.54) is 0 Å². The lowest BCUT2D eigenvalue weighted by atomic mass is 10.1. The smallest absolute Gasteiger partial charge is 0.440 e. The van der Waals surface area contributed by atoms with Crippen LogP contribution in [0.3, 0.4) is 0 Å². The summed E-state index contributed by atoms with van der Waals surface area (Å²) in [5, 5.41) is 0.